The van der Waals surface area contributed by atoms with E-state index in [1.54, 1.807) is 0 Å². The summed E-state index contributed by atoms with van der Waals surface area (Å²) in [6.07, 6.45) is 0.701. The maximum absolute atomic E-state index is 12.2. The maximum atomic E-state index is 12.2. The fraction of sp³-hybridized carbons (Fsp3) is 0.562. The number of rotatable bonds is 6. The standard InChI is InChI=1S/C16H23NO3/c1-3-19-15(18)16(20-4-2)10-11-17(13-16)12-14-8-6-5-7-9-14/h5-9H,3-4,10-13H2,1-2H3. The number of benzene rings is 1. The minimum Gasteiger partial charge on any atom is -0.464 e. The molecule has 0 amide bonds. The molecule has 0 aliphatic carbocycles. The van der Waals surface area contributed by atoms with Crippen LogP contribution in [0.15, 0.2) is 30.3 Å². The van der Waals surface area contributed by atoms with E-state index in [0.717, 1.165) is 13.1 Å². The number of carbonyl (C=O) groups is 1. The van der Waals surface area contributed by atoms with Gasteiger partial charge in [-0.15, -0.1) is 0 Å². The summed E-state index contributed by atoms with van der Waals surface area (Å²) in [5.74, 6) is -0.225. The van der Waals surface area contributed by atoms with E-state index in [1.807, 2.05) is 32.0 Å². The van der Waals surface area contributed by atoms with Gasteiger partial charge in [-0.3, -0.25) is 4.90 Å². The van der Waals surface area contributed by atoms with Crippen molar-refractivity contribution in [1.82, 2.24) is 4.90 Å². The molecule has 1 atom stereocenters. The van der Waals surface area contributed by atoms with Gasteiger partial charge in [-0.05, 0) is 19.4 Å². The molecule has 110 valence electrons. The van der Waals surface area contributed by atoms with Crippen molar-refractivity contribution >= 4 is 5.97 Å². The van der Waals surface area contributed by atoms with Crippen LogP contribution in [0.3, 0.4) is 0 Å². The first kappa shape index (κ1) is 15.0. The molecule has 1 aromatic rings. The van der Waals surface area contributed by atoms with Gasteiger partial charge >= 0.3 is 5.97 Å². The molecule has 1 aliphatic rings. The Bertz CT molecular complexity index is 435. The van der Waals surface area contributed by atoms with E-state index in [2.05, 4.69) is 17.0 Å². The van der Waals surface area contributed by atoms with E-state index in [1.165, 1.54) is 5.56 Å². The topological polar surface area (TPSA) is 38.8 Å². The van der Waals surface area contributed by atoms with Crippen LogP contribution < -0.4 is 0 Å². The fourth-order valence-corrected chi connectivity index (χ4v) is 2.72. The van der Waals surface area contributed by atoms with Crippen molar-refractivity contribution in [2.24, 2.45) is 0 Å². The number of likely N-dealkylation sites (tertiary alicyclic amines) is 1. The van der Waals surface area contributed by atoms with Crippen LogP contribution in [0.4, 0.5) is 0 Å². The third-order valence-electron chi connectivity index (χ3n) is 3.63. The molecule has 4 heteroatoms. The summed E-state index contributed by atoms with van der Waals surface area (Å²) in [4.78, 5) is 14.4. The molecule has 2 rings (SSSR count). The lowest BCUT2D eigenvalue weighted by molar-refractivity contribution is -0.170. The van der Waals surface area contributed by atoms with Crippen molar-refractivity contribution in [1.29, 1.82) is 0 Å². The van der Waals surface area contributed by atoms with E-state index in [9.17, 15) is 4.79 Å². The van der Waals surface area contributed by atoms with Gasteiger partial charge in [-0.25, -0.2) is 4.79 Å². The van der Waals surface area contributed by atoms with Gasteiger partial charge < -0.3 is 9.47 Å². The fourth-order valence-electron chi connectivity index (χ4n) is 2.72. The Morgan fingerprint density at radius 2 is 2.00 bits per heavy atom. The number of hydrogen-bond donors (Lipinski definition) is 0. The van der Waals surface area contributed by atoms with Gasteiger partial charge in [0.1, 0.15) is 0 Å². The van der Waals surface area contributed by atoms with Crippen molar-refractivity contribution in [2.45, 2.75) is 32.4 Å². The first-order chi connectivity index (χ1) is 9.70. The highest BCUT2D eigenvalue weighted by Gasteiger charge is 2.46. The van der Waals surface area contributed by atoms with Crippen LogP contribution >= 0.6 is 0 Å². The number of hydrogen-bond acceptors (Lipinski definition) is 4. The largest absolute Gasteiger partial charge is 0.464 e. The Hall–Kier alpha value is -1.39. The van der Waals surface area contributed by atoms with E-state index in [-0.39, 0.29) is 5.97 Å². The van der Waals surface area contributed by atoms with E-state index < -0.39 is 5.60 Å². The third kappa shape index (κ3) is 3.38. The molecule has 1 fully saturated rings. The summed E-state index contributed by atoms with van der Waals surface area (Å²) in [7, 11) is 0. The molecule has 20 heavy (non-hydrogen) atoms. The molecule has 1 unspecified atom stereocenters. The molecule has 1 heterocycles. The summed E-state index contributed by atoms with van der Waals surface area (Å²) in [5, 5.41) is 0. The van der Waals surface area contributed by atoms with Crippen molar-refractivity contribution in [3.63, 3.8) is 0 Å². The molecular formula is C16H23NO3. The molecule has 0 saturated carbocycles. The highest BCUT2D eigenvalue weighted by atomic mass is 16.6. The lowest BCUT2D eigenvalue weighted by atomic mass is 10.0. The van der Waals surface area contributed by atoms with Crippen LogP contribution in [0.25, 0.3) is 0 Å². The molecule has 0 spiro atoms. The number of nitrogens with zero attached hydrogens (tertiary/aromatic N) is 1. The minimum absolute atomic E-state index is 0.225. The number of ether oxygens (including phenoxy) is 2. The van der Waals surface area contributed by atoms with Crippen molar-refractivity contribution in [2.75, 3.05) is 26.3 Å². The average Bonchev–Trinajstić information content (AvgIpc) is 2.85. The normalized spacial score (nSPS) is 22.9. The van der Waals surface area contributed by atoms with E-state index in [0.29, 0.717) is 26.2 Å². The zero-order valence-electron chi connectivity index (χ0n) is 12.3. The van der Waals surface area contributed by atoms with Crippen molar-refractivity contribution in [3.8, 4) is 0 Å². The highest BCUT2D eigenvalue weighted by Crippen LogP contribution is 2.28. The Morgan fingerprint density at radius 3 is 2.65 bits per heavy atom. The Morgan fingerprint density at radius 1 is 1.25 bits per heavy atom. The van der Waals surface area contributed by atoms with Crippen LogP contribution in [0.2, 0.25) is 0 Å². The second-order valence-corrected chi connectivity index (χ2v) is 5.09. The summed E-state index contributed by atoms with van der Waals surface area (Å²) >= 11 is 0. The molecule has 1 aliphatic heterocycles. The highest BCUT2D eigenvalue weighted by molar-refractivity contribution is 5.80. The van der Waals surface area contributed by atoms with Gasteiger partial charge in [-0.1, -0.05) is 30.3 Å². The SMILES string of the molecule is CCOC(=O)C1(OCC)CCN(Cc2ccccc2)C1. The average molecular weight is 277 g/mol. The second kappa shape index (κ2) is 6.86. The maximum Gasteiger partial charge on any atom is 0.339 e. The van der Waals surface area contributed by atoms with Gasteiger partial charge in [0.15, 0.2) is 5.60 Å². The third-order valence-corrected chi connectivity index (χ3v) is 3.63. The van der Waals surface area contributed by atoms with Crippen molar-refractivity contribution in [3.05, 3.63) is 35.9 Å². The second-order valence-electron chi connectivity index (χ2n) is 5.09. The predicted molar refractivity (Wildman–Crippen MR) is 77.3 cm³/mol. The van der Waals surface area contributed by atoms with Crippen LogP contribution in [0.1, 0.15) is 25.8 Å². The van der Waals surface area contributed by atoms with Crippen LogP contribution in [-0.2, 0) is 20.8 Å². The van der Waals surface area contributed by atoms with E-state index >= 15 is 0 Å². The summed E-state index contributed by atoms with van der Waals surface area (Å²) in [6, 6.07) is 10.3. The van der Waals surface area contributed by atoms with Gasteiger partial charge in [0, 0.05) is 32.7 Å². The molecule has 0 bridgehead atoms. The summed E-state index contributed by atoms with van der Waals surface area (Å²) in [6.45, 7) is 6.97. The Kier molecular flexibility index (Phi) is 5.15. The molecule has 1 saturated heterocycles. The molecule has 1 aromatic carbocycles. The van der Waals surface area contributed by atoms with Crippen LogP contribution in [0, 0.1) is 0 Å². The lowest BCUT2D eigenvalue weighted by Gasteiger charge is -2.27. The van der Waals surface area contributed by atoms with Gasteiger partial charge in [0.2, 0.25) is 0 Å². The predicted octanol–water partition coefficient (Wildman–Crippen LogP) is 2.23. The van der Waals surface area contributed by atoms with Crippen molar-refractivity contribution < 1.29 is 14.3 Å². The zero-order chi connectivity index (χ0) is 14.4. The number of esters is 1. The molecule has 4 nitrogen and oxygen atoms in total. The first-order valence-corrected chi connectivity index (χ1v) is 7.27. The van der Waals surface area contributed by atoms with Gasteiger partial charge in [0.05, 0.1) is 6.61 Å². The summed E-state index contributed by atoms with van der Waals surface area (Å²) < 4.78 is 10.9. The Balaban J connectivity index is 2.02. The summed E-state index contributed by atoms with van der Waals surface area (Å²) in [5.41, 5.74) is 0.475. The smallest absolute Gasteiger partial charge is 0.339 e. The monoisotopic (exact) mass is 277 g/mol. The van der Waals surface area contributed by atoms with E-state index in [4.69, 9.17) is 9.47 Å². The molecular weight excluding hydrogens is 254 g/mol. The Labute approximate surface area is 120 Å². The van der Waals surface area contributed by atoms with Crippen LogP contribution in [0.5, 0.6) is 0 Å². The number of carbonyl (C=O) groups excluding carboxylic acids is 1. The van der Waals surface area contributed by atoms with Gasteiger partial charge in [-0.2, -0.15) is 0 Å². The van der Waals surface area contributed by atoms with Crippen LogP contribution in [-0.4, -0.2) is 42.8 Å². The quantitative estimate of drug-likeness (QED) is 0.747. The molecule has 0 aromatic heterocycles. The molecule has 0 radical (unpaired) electrons. The zero-order valence-corrected chi connectivity index (χ0v) is 12.3. The minimum atomic E-state index is -0.778. The lowest BCUT2D eigenvalue weighted by Crippen LogP contribution is -2.45. The first-order valence-electron chi connectivity index (χ1n) is 7.27. The molecule has 0 N–H and O–H groups in total. The van der Waals surface area contributed by atoms with Gasteiger partial charge in [0.25, 0.3) is 0 Å².